The molecule has 2 rings (SSSR count). The summed E-state index contributed by atoms with van der Waals surface area (Å²) in [5, 5.41) is 12.3. The molecule has 0 radical (unpaired) electrons. The number of benzene rings is 1. The van der Waals surface area contributed by atoms with E-state index in [0.29, 0.717) is 6.54 Å². The van der Waals surface area contributed by atoms with E-state index in [-0.39, 0.29) is 4.65 Å². The highest BCUT2D eigenvalue weighted by molar-refractivity contribution is 9.10. The zero-order valence-electron chi connectivity index (χ0n) is 8.77. The highest BCUT2D eigenvalue weighted by Crippen LogP contribution is 2.37. The highest BCUT2D eigenvalue weighted by atomic mass is 79.9. The summed E-state index contributed by atoms with van der Waals surface area (Å²) in [6, 6.07) is 7.56. The van der Waals surface area contributed by atoms with Crippen LogP contribution in [-0.4, -0.2) is 25.5 Å². The van der Waals surface area contributed by atoms with Crippen molar-refractivity contribution in [3.8, 4) is 0 Å². The van der Waals surface area contributed by atoms with Gasteiger partial charge in [-0.1, -0.05) is 12.1 Å². The fourth-order valence-electron chi connectivity index (χ4n) is 1.63. The lowest BCUT2D eigenvalue weighted by Crippen LogP contribution is -2.50. The number of hydrogen-bond donors (Lipinski definition) is 0. The summed E-state index contributed by atoms with van der Waals surface area (Å²) in [5.74, 6) is 0. The number of rotatable bonds is 2. The van der Waals surface area contributed by atoms with Crippen LogP contribution in [0.4, 0.5) is 5.69 Å². The van der Waals surface area contributed by atoms with E-state index in [1.807, 2.05) is 43.3 Å². The van der Waals surface area contributed by atoms with Crippen molar-refractivity contribution in [3.63, 3.8) is 0 Å². The Kier molecular flexibility index (Phi) is 2.58. The highest BCUT2D eigenvalue weighted by Gasteiger charge is 2.33. The molecule has 0 amide bonds. The van der Waals surface area contributed by atoms with E-state index in [9.17, 15) is 5.21 Å². The molecule has 0 saturated carbocycles. The van der Waals surface area contributed by atoms with E-state index in [1.54, 1.807) is 6.20 Å². The molecule has 0 N–H and O–H groups in total. The van der Waals surface area contributed by atoms with Crippen LogP contribution < -0.4 is 4.65 Å². The SMILES string of the molecule is CN(C)C1=C[N+]([O-])(c2ccccc2Br)C1. The first-order valence-corrected chi connectivity index (χ1v) is 5.55. The zero-order chi connectivity index (χ0) is 11.1. The minimum Gasteiger partial charge on any atom is -0.622 e. The Labute approximate surface area is 97.9 Å². The Bertz CT molecular complexity index is 417. The average molecular weight is 269 g/mol. The lowest BCUT2D eigenvalue weighted by molar-refractivity contribution is 0.358. The molecule has 1 heterocycles. The molecule has 80 valence electrons. The Morgan fingerprint density at radius 3 is 2.47 bits per heavy atom. The van der Waals surface area contributed by atoms with Crippen molar-refractivity contribution in [3.05, 3.63) is 45.8 Å². The number of nitrogens with zero attached hydrogens (tertiary/aromatic N) is 2. The van der Waals surface area contributed by atoms with Gasteiger partial charge in [-0.2, -0.15) is 0 Å². The topological polar surface area (TPSA) is 26.3 Å². The third-order valence-electron chi connectivity index (χ3n) is 2.59. The predicted octanol–water partition coefficient (Wildman–Crippen LogP) is 2.67. The monoisotopic (exact) mass is 268 g/mol. The number of hydrogen-bond acceptors (Lipinski definition) is 2. The molecule has 15 heavy (non-hydrogen) atoms. The minimum absolute atomic E-state index is 0.366. The smallest absolute Gasteiger partial charge is 0.152 e. The Hall–Kier alpha value is -0.840. The van der Waals surface area contributed by atoms with Crippen LogP contribution in [0.15, 0.2) is 40.6 Å². The molecule has 4 heteroatoms. The minimum atomic E-state index is -0.366. The molecule has 1 aliphatic rings. The van der Waals surface area contributed by atoms with Crippen LogP contribution in [0.25, 0.3) is 0 Å². The zero-order valence-corrected chi connectivity index (χ0v) is 10.4. The molecule has 3 nitrogen and oxygen atoms in total. The summed E-state index contributed by atoms with van der Waals surface area (Å²) in [6.45, 7) is 0.510. The summed E-state index contributed by atoms with van der Waals surface area (Å²) < 4.78 is 0.503. The molecule has 0 spiro atoms. The van der Waals surface area contributed by atoms with E-state index in [2.05, 4.69) is 15.9 Å². The van der Waals surface area contributed by atoms with Gasteiger partial charge in [0.15, 0.2) is 5.69 Å². The van der Waals surface area contributed by atoms with Gasteiger partial charge in [-0.15, -0.1) is 0 Å². The van der Waals surface area contributed by atoms with Crippen LogP contribution >= 0.6 is 15.9 Å². The van der Waals surface area contributed by atoms with E-state index in [0.717, 1.165) is 15.9 Å². The Morgan fingerprint density at radius 1 is 1.33 bits per heavy atom. The summed E-state index contributed by atoms with van der Waals surface area (Å²) in [7, 11) is 3.91. The van der Waals surface area contributed by atoms with Gasteiger partial charge in [0.1, 0.15) is 18.4 Å². The Morgan fingerprint density at radius 2 is 1.93 bits per heavy atom. The van der Waals surface area contributed by atoms with Gasteiger partial charge in [-0.05, 0) is 22.0 Å². The number of hydroxylamine groups is 2. The fraction of sp³-hybridized carbons (Fsp3) is 0.273. The number of para-hydroxylation sites is 1. The van der Waals surface area contributed by atoms with Crippen molar-refractivity contribution in [1.82, 2.24) is 9.55 Å². The van der Waals surface area contributed by atoms with E-state index < -0.39 is 0 Å². The maximum Gasteiger partial charge on any atom is 0.152 e. The van der Waals surface area contributed by atoms with E-state index in [1.165, 1.54) is 0 Å². The largest absolute Gasteiger partial charge is 0.622 e. The first-order chi connectivity index (χ1) is 7.03. The summed E-state index contributed by atoms with van der Waals surface area (Å²) >= 11 is 3.41. The first-order valence-electron chi connectivity index (χ1n) is 4.76. The average Bonchev–Trinajstić information content (AvgIpc) is 2.13. The van der Waals surface area contributed by atoms with Gasteiger partial charge < -0.3 is 10.1 Å². The van der Waals surface area contributed by atoms with Crippen molar-refractivity contribution in [1.29, 1.82) is 0 Å². The van der Waals surface area contributed by atoms with E-state index in [4.69, 9.17) is 0 Å². The van der Waals surface area contributed by atoms with Crippen LogP contribution in [0.1, 0.15) is 0 Å². The van der Waals surface area contributed by atoms with Gasteiger partial charge in [0, 0.05) is 20.2 Å². The second-order valence-corrected chi connectivity index (χ2v) is 4.77. The summed E-state index contributed by atoms with van der Waals surface area (Å²) in [6.07, 6.45) is 1.74. The third-order valence-corrected chi connectivity index (χ3v) is 3.26. The molecule has 0 fully saturated rings. The maximum atomic E-state index is 12.3. The molecule has 1 unspecified atom stereocenters. The normalized spacial score (nSPS) is 24.4. The molecule has 0 saturated heterocycles. The molecular formula is C11H13BrN2O. The van der Waals surface area contributed by atoms with Crippen molar-refractivity contribution >= 4 is 21.6 Å². The maximum absolute atomic E-state index is 12.3. The second-order valence-electron chi connectivity index (χ2n) is 3.92. The van der Waals surface area contributed by atoms with Crippen molar-refractivity contribution in [2.45, 2.75) is 0 Å². The van der Waals surface area contributed by atoms with Crippen LogP contribution in [-0.2, 0) is 0 Å². The summed E-state index contributed by atoms with van der Waals surface area (Å²) in [5.41, 5.74) is 1.85. The summed E-state index contributed by atoms with van der Waals surface area (Å²) in [4.78, 5) is 1.98. The van der Waals surface area contributed by atoms with E-state index >= 15 is 0 Å². The van der Waals surface area contributed by atoms with Crippen molar-refractivity contribution < 1.29 is 0 Å². The molecule has 1 atom stereocenters. The standard InChI is InChI=1S/C11H13BrN2O/c1-13(2)9-7-14(15,8-9)11-6-4-3-5-10(11)12/h3-7H,8H2,1-2H3. The molecule has 1 aliphatic heterocycles. The fourth-order valence-corrected chi connectivity index (χ4v) is 2.21. The van der Waals surface area contributed by atoms with Gasteiger partial charge in [0.25, 0.3) is 0 Å². The van der Waals surface area contributed by atoms with Gasteiger partial charge in [-0.25, -0.2) is 0 Å². The quantitative estimate of drug-likeness (QED) is 0.609. The molecule has 0 aromatic heterocycles. The molecule has 0 aliphatic carbocycles. The van der Waals surface area contributed by atoms with Crippen LogP contribution in [0.5, 0.6) is 0 Å². The van der Waals surface area contributed by atoms with Crippen molar-refractivity contribution in [2.24, 2.45) is 0 Å². The van der Waals surface area contributed by atoms with Crippen molar-refractivity contribution in [2.75, 3.05) is 20.6 Å². The predicted molar refractivity (Wildman–Crippen MR) is 65.9 cm³/mol. The van der Waals surface area contributed by atoms with Crippen LogP contribution in [0.3, 0.4) is 0 Å². The van der Waals surface area contributed by atoms with Gasteiger partial charge in [0.05, 0.1) is 4.47 Å². The van der Waals surface area contributed by atoms with Gasteiger partial charge in [-0.3, -0.25) is 4.65 Å². The van der Waals surface area contributed by atoms with Gasteiger partial charge in [0.2, 0.25) is 0 Å². The molecular weight excluding hydrogens is 256 g/mol. The van der Waals surface area contributed by atoms with Crippen LogP contribution in [0, 0.1) is 5.21 Å². The molecule has 0 bridgehead atoms. The third kappa shape index (κ3) is 1.80. The first kappa shape index (κ1) is 10.7. The molecule has 1 aromatic carbocycles. The van der Waals surface area contributed by atoms with Crippen LogP contribution in [0.2, 0.25) is 0 Å². The molecule has 1 aromatic rings. The number of quaternary nitrogens is 1. The Balaban J connectivity index is 2.32. The number of likely N-dealkylation sites (N-methyl/N-ethyl adjacent to an activating group) is 1. The number of halogens is 1. The van der Waals surface area contributed by atoms with Gasteiger partial charge >= 0.3 is 0 Å². The second kappa shape index (κ2) is 3.63. The lowest BCUT2D eigenvalue weighted by atomic mass is 10.2. The lowest BCUT2D eigenvalue weighted by Gasteiger charge is -2.47.